The molecule has 0 amide bonds. The molecular weight excluding hydrogens is 176 g/mol. The van der Waals surface area contributed by atoms with Crippen LogP contribution < -0.4 is 0 Å². The summed E-state index contributed by atoms with van der Waals surface area (Å²) in [4.78, 5) is 11.4. The Kier molecular flexibility index (Phi) is 2.22. The lowest BCUT2D eigenvalue weighted by molar-refractivity contribution is -0.136. The number of hydrogen-bond donors (Lipinski definition) is 0. The van der Waals surface area contributed by atoms with E-state index in [0.29, 0.717) is 0 Å². The molecule has 2 aliphatic carbocycles. The van der Waals surface area contributed by atoms with Crippen LogP contribution in [0.1, 0.15) is 32.6 Å². The molecule has 2 nitrogen and oxygen atoms in total. The molecule has 2 heteroatoms. The molecule has 2 aliphatic rings. The second-order valence-electron chi connectivity index (χ2n) is 4.47. The van der Waals surface area contributed by atoms with Crippen LogP contribution in [0.2, 0.25) is 0 Å². The van der Waals surface area contributed by atoms with E-state index in [4.69, 9.17) is 4.74 Å². The van der Waals surface area contributed by atoms with Crippen LogP contribution in [0.5, 0.6) is 0 Å². The topological polar surface area (TPSA) is 26.3 Å². The van der Waals surface area contributed by atoms with Crippen molar-refractivity contribution in [3.63, 3.8) is 0 Å². The van der Waals surface area contributed by atoms with E-state index in [2.05, 4.69) is 13.0 Å². The van der Waals surface area contributed by atoms with Gasteiger partial charge in [-0.1, -0.05) is 24.6 Å². The molecule has 76 valence electrons. The average molecular weight is 192 g/mol. The maximum atomic E-state index is 11.4. The third kappa shape index (κ3) is 1.39. The van der Waals surface area contributed by atoms with E-state index < -0.39 is 0 Å². The van der Waals surface area contributed by atoms with Gasteiger partial charge in [0, 0.05) is 5.57 Å². The maximum Gasteiger partial charge on any atom is 0.333 e. The zero-order chi connectivity index (χ0) is 10.2. The van der Waals surface area contributed by atoms with E-state index in [0.717, 1.165) is 12.0 Å². The first-order valence-corrected chi connectivity index (χ1v) is 5.14. The molecule has 0 heterocycles. The minimum absolute atomic E-state index is 0.173. The summed E-state index contributed by atoms with van der Waals surface area (Å²) in [5, 5.41) is 0. The van der Waals surface area contributed by atoms with Crippen LogP contribution in [0.25, 0.3) is 0 Å². The summed E-state index contributed by atoms with van der Waals surface area (Å²) in [7, 11) is 1.44. The highest BCUT2D eigenvalue weighted by atomic mass is 16.5. The van der Waals surface area contributed by atoms with Crippen LogP contribution in [0.4, 0.5) is 0 Å². The third-order valence-electron chi connectivity index (χ3n) is 3.46. The molecule has 0 spiro atoms. The summed E-state index contributed by atoms with van der Waals surface area (Å²) in [6.07, 6.45) is 8.54. The molecule has 2 rings (SSSR count). The molecule has 0 aromatic carbocycles. The largest absolute Gasteiger partial charge is 0.466 e. The van der Waals surface area contributed by atoms with Crippen molar-refractivity contribution >= 4 is 5.97 Å². The first-order chi connectivity index (χ1) is 6.65. The molecule has 0 aromatic rings. The average Bonchev–Trinajstić information content (AvgIpc) is 2.56. The van der Waals surface area contributed by atoms with Crippen LogP contribution in [-0.2, 0) is 9.53 Å². The van der Waals surface area contributed by atoms with Crippen molar-refractivity contribution in [1.82, 2.24) is 0 Å². The predicted octanol–water partition coefficient (Wildman–Crippen LogP) is 2.61. The SMILES string of the molecule is COC(=O)C1=CC=C2CCCC2(C)C1. The Morgan fingerprint density at radius 2 is 2.29 bits per heavy atom. The number of carbonyl (C=O) groups is 1. The Morgan fingerprint density at radius 3 is 3.00 bits per heavy atom. The Balaban J connectivity index is 2.24. The van der Waals surface area contributed by atoms with Gasteiger partial charge in [-0.2, -0.15) is 0 Å². The molecular formula is C12H16O2. The molecule has 0 radical (unpaired) electrons. The summed E-state index contributed by atoms with van der Waals surface area (Å²) in [6.45, 7) is 2.25. The molecule has 1 saturated carbocycles. The number of esters is 1. The van der Waals surface area contributed by atoms with E-state index in [1.54, 1.807) is 0 Å². The van der Waals surface area contributed by atoms with Gasteiger partial charge in [0.1, 0.15) is 0 Å². The molecule has 1 fully saturated rings. The number of fused-ring (bicyclic) bond motifs is 1. The summed E-state index contributed by atoms with van der Waals surface area (Å²) in [5.41, 5.74) is 2.56. The van der Waals surface area contributed by atoms with Gasteiger partial charge < -0.3 is 4.74 Å². The molecule has 0 bridgehead atoms. The van der Waals surface area contributed by atoms with Crippen LogP contribution in [0, 0.1) is 5.41 Å². The van der Waals surface area contributed by atoms with Crippen molar-refractivity contribution in [2.24, 2.45) is 5.41 Å². The van der Waals surface area contributed by atoms with Gasteiger partial charge in [-0.3, -0.25) is 0 Å². The summed E-state index contributed by atoms with van der Waals surface area (Å²) < 4.78 is 4.75. The monoisotopic (exact) mass is 192 g/mol. The van der Waals surface area contributed by atoms with E-state index >= 15 is 0 Å². The summed E-state index contributed by atoms with van der Waals surface area (Å²) in [6, 6.07) is 0. The van der Waals surface area contributed by atoms with Gasteiger partial charge in [0.2, 0.25) is 0 Å². The van der Waals surface area contributed by atoms with Crippen LogP contribution in [0.3, 0.4) is 0 Å². The fraction of sp³-hybridized carbons (Fsp3) is 0.583. The third-order valence-corrected chi connectivity index (χ3v) is 3.46. The highest BCUT2D eigenvalue weighted by Crippen LogP contribution is 2.48. The Hall–Kier alpha value is -1.05. The Morgan fingerprint density at radius 1 is 1.50 bits per heavy atom. The van der Waals surface area contributed by atoms with Crippen molar-refractivity contribution in [3.05, 3.63) is 23.3 Å². The van der Waals surface area contributed by atoms with Crippen molar-refractivity contribution in [2.75, 3.05) is 7.11 Å². The van der Waals surface area contributed by atoms with Crippen LogP contribution in [0.15, 0.2) is 23.3 Å². The van der Waals surface area contributed by atoms with Crippen molar-refractivity contribution < 1.29 is 9.53 Å². The minimum Gasteiger partial charge on any atom is -0.466 e. The number of hydrogen-bond acceptors (Lipinski definition) is 2. The van der Waals surface area contributed by atoms with E-state index in [1.807, 2.05) is 6.08 Å². The molecule has 1 atom stereocenters. The number of ether oxygens (including phenoxy) is 1. The van der Waals surface area contributed by atoms with E-state index in [1.165, 1.54) is 31.9 Å². The zero-order valence-corrected chi connectivity index (χ0v) is 8.80. The summed E-state index contributed by atoms with van der Waals surface area (Å²) >= 11 is 0. The molecule has 0 aliphatic heterocycles. The summed E-state index contributed by atoms with van der Waals surface area (Å²) in [5.74, 6) is -0.173. The number of rotatable bonds is 1. The van der Waals surface area contributed by atoms with Crippen LogP contribution >= 0.6 is 0 Å². The fourth-order valence-corrected chi connectivity index (χ4v) is 2.57. The van der Waals surface area contributed by atoms with Gasteiger partial charge in [-0.25, -0.2) is 4.79 Å². The number of methoxy groups -OCH3 is 1. The second-order valence-corrected chi connectivity index (χ2v) is 4.47. The normalized spacial score (nSPS) is 30.4. The standard InChI is InChI=1S/C12H16O2/c1-12-7-3-4-10(12)6-5-9(8-12)11(13)14-2/h5-6H,3-4,7-8H2,1-2H3. The van der Waals surface area contributed by atoms with Gasteiger partial charge in [0.05, 0.1) is 7.11 Å². The quantitative estimate of drug-likeness (QED) is 0.597. The number of carbonyl (C=O) groups excluding carboxylic acids is 1. The highest BCUT2D eigenvalue weighted by Gasteiger charge is 2.37. The van der Waals surface area contributed by atoms with Gasteiger partial charge in [0.15, 0.2) is 0 Å². The smallest absolute Gasteiger partial charge is 0.333 e. The lowest BCUT2D eigenvalue weighted by atomic mass is 9.75. The van der Waals surface area contributed by atoms with Gasteiger partial charge in [-0.05, 0) is 31.1 Å². The molecule has 14 heavy (non-hydrogen) atoms. The highest BCUT2D eigenvalue weighted by molar-refractivity contribution is 5.89. The van der Waals surface area contributed by atoms with E-state index in [9.17, 15) is 4.79 Å². The van der Waals surface area contributed by atoms with Crippen molar-refractivity contribution in [2.45, 2.75) is 32.6 Å². The molecule has 0 saturated heterocycles. The van der Waals surface area contributed by atoms with Gasteiger partial charge in [-0.15, -0.1) is 0 Å². The maximum absolute atomic E-state index is 11.4. The lowest BCUT2D eigenvalue weighted by Gasteiger charge is -2.29. The first kappa shape index (κ1) is 9.50. The van der Waals surface area contributed by atoms with Gasteiger partial charge in [0.25, 0.3) is 0 Å². The van der Waals surface area contributed by atoms with Gasteiger partial charge >= 0.3 is 5.97 Å². The zero-order valence-electron chi connectivity index (χ0n) is 8.80. The fourth-order valence-electron chi connectivity index (χ4n) is 2.57. The predicted molar refractivity (Wildman–Crippen MR) is 54.8 cm³/mol. The first-order valence-electron chi connectivity index (χ1n) is 5.14. The van der Waals surface area contributed by atoms with Crippen molar-refractivity contribution in [1.29, 1.82) is 0 Å². The van der Waals surface area contributed by atoms with Crippen LogP contribution in [-0.4, -0.2) is 13.1 Å². The second kappa shape index (κ2) is 3.26. The van der Waals surface area contributed by atoms with Crippen molar-refractivity contribution in [3.8, 4) is 0 Å². The lowest BCUT2D eigenvalue weighted by Crippen LogP contribution is -2.21. The molecule has 0 N–H and O–H groups in total. The minimum atomic E-state index is -0.173. The Labute approximate surface area is 84.6 Å². The Bertz CT molecular complexity index is 325. The van der Waals surface area contributed by atoms with E-state index in [-0.39, 0.29) is 11.4 Å². The number of allylic oxidation sites excluding steroid dienone is 3. The molecule has 1 unspecified atom stereocenters. The molecule has 0 aromatic heterocycles.